The smallest absolute Gasteiger partial charge is 0.271 e. The summed E-state index contributed by atoms with van der Waals surface area (Å²) in [7, 11) is 0. The van der Waals surface area contributed by atoms with Gasteiger partial charge in [-0.2, -0.15) is 0 Å². The van der Waals surface area contributed by atoms with Gasteiger partial charge in [-0.25, -0.2) is 0 Å². The zero-order valence-electron chi connectivity index (χ0n) is 14.7. The van der Waals surface area contributed by atoms with Crippen LogP contribution in [0.15, 0.2) is 64.4 Å². The number of nitrogens with zero attached hydrogens (tertiary/aromatic N) is 2. The molecule has 140 valence electrons. The first-order valence-electron chi connectivity index (χ1n) is 8.31. The predicted molar refractivity (Wildman–Crippen MR) is 109 cm³/mol. The molecule has 3 rings (SSSR count). The first-order valence-corrected chi connectivity index (χ1v) is 9.13. The highest BCUT2D eigenvalue weighted by molar-refractivity contribution is 7.10. The van der Waals surface area contributed by atoms with Crippen LogP contribution in [0.4, 0.5) is 16.4 Å². The lowest BCUT2D eigenvalue weighted by atomic mass is 10.2. The summed E-state index contributed by atoms with van der Waals surface area (Å²) in [6, 6.07) is 15.7. The Kier molecular flexibility index (Phi) is 5.58. The van der Waals surface area contributed by atoms with E-state index in [9.17, 15) is 15.0 Å². The summed E-state index contributed by atoms with van der Waals surface area (Å²) in [5, 5.41) is 19.4. The van der Waals surface area contributed by atoms with Crippen LogP contribution in [0, 0.1) is 0 Å². The molecule has 0 spiro atoms. The monoisotopic (exact) mass is 384 g/mol. The number of rotatable bonds is 6. The average Bonchev–Trinajstić information content (AvgIpc) is 3.05. The largest absolute Gasteiger partial charge is 0.508 e. The number of amidine groups is 1. The second-order valence-electron chi connectivity index (χ2n) is 5.95. The summed E-state index contributed by atoms with van der Waals surface area (Å²) in [4.78, 5) is 18.5. The molecule has 0 fully saturated rings. The van der Waals surface area contributed by atoms with Gasteiger partial charge in [0.25, 0.3) is 5.56 Å². The van der Waals surface area contributed by atoms with E-state index in [1.54, 1.807) is 31.2 Å². The molecular weight excluding hydrogens is 364 g/mol. The van der Waals surface area contributed by atoms with Crippen molar-refractivity contribution in [1.29, 1.82) is 0 Å². The fourth-order valence-electron chi connectivity index (χ4n) is 2.58. The lowest BCUT2D eigenvalue weighted by molar-refractivity contribution is 0.274. The van der Waals surface area contributed by atoms with Gasteiger partial charge in [-0.3, -0.25) is 19.1 Å². The van der Waals surface area contributed by atoms with E-state index in [1.165, 1.54) is 0 Å². The summed E-state index contributed by atoms with van der Waals surface area (Å²) in [6.45, 7) is 1.54. The van der Waals surface area contributed by atoms with E-state index in [0.717, 1.165) is 22.9 Å². The van der Waals surface area contributed by atoms with Crippen molar-refractivity contribution in [2.24, 2.45) is 10.7 Å². The number of aromatic hydroxyl groups is 1. The molecule has 1 atom stereocenters. The number of H-pyrrole nitrogens is 1. The Labute approximate surface area is 160 Å². The zero-order valence-corrected chi connectivity index (χ0v) is 15.5. The molecule has 1 aromatic heterocycles. The third kappa shape index (κ3) is 4.02. The van der Waals surface area contributed by atoms with Gasteiger partial charge in [-0.15, -0.1) is 0 Å². The molecule has 0 amide bonds. The van der Waals surface area contributed by atoms with Gasteiger partial charge in [0.05, 0.1) is 12.6 Å². The maximum absolute atomic E-state index is 12.4. The van der Waals surface area contributed by atoms with E-state index in [0.29, 0.717) is 5.00 Å². The Morgan fingerprint density at radius 3 is 2.44 bits per heavy atom. The second-order valence-corrected chi connectivity index (χ2v) is 6.74. The Bertz CT molecular complexity index is 980. The van der Waals surface area contributed by atoms with Crippen molar-refractivity contribution in [3.63, 3.8) is 0 Å². The number of hydrogen-bond donors (Lipinski definition) is 4. The summed E-state index contributed by atoms with van der Waals surface area (Å²) in [6.07, 6.45) is 0. The summed E-state index contributed by atoms with van der Waals surface area (Å²) < 4.78 is 2.71. The van der Waals surface area contributed by atoms with Crippen molar-refractivity contribution in [2.75, 3.05) is 11.5 Å². The zero-order chi connectivity index (χ0) is 19.4. The van der Waals surface area contributed by atoms with Crippen LogP contribution in [0.3, 0.4) is 0 Å². The molecule has 0 aliphatic carbocycles. The van der Waals surface area contributed by atoms with E-state index in [2.05, 4.69) is 9.37 Å². The SMILES string of the molecule is CC(CO)N=C(N)c1c(N(c2ccccc2)c2ccc(O)cc2)s[nH]c1=O. The second kappa shape index (κ2) is 8.07. The molecule has 0 aliphatic heterocycles. The Balaban J connectivity index is 2.19. The number of phenolic OH excluding ortho intramolecular Hbond substituents is 1. The van der Waals surface area contributed by atoms with E-state index in [-0.39, 0.29) is 29.3 Å². The molecule has 0 radical (unpaired) electrons. The van der Waals surface area contributed by atoms with Crippen molar-refractivity contribution in [3.05, 3.63) is 70.5 Å². The van der Waals surface area contributed by atoms with Gasteiger partial charge < -0.3 is 15.9 Å². The quantitative estimate of drug-likeness (QED) is 0.385. The van der Waals surface area contributed by atoms with Crippen LogP contribution in [0.25, 0.3) is 0 Å². The Morgan fingerprint density at radius 2 is 1.81 bits per heavy atom. The first-order chi connectivity index (χ1) is 13.0. The number of aliphatic imine (C=N–C) groups is 1. The van der Waals surface area contributed by atoms with Crippen LogP contribution in [0.1, 0.15) is 12.5 Å². The van der Waals surface area contributed by atoms with Crippen LogP contribution in [0.2, 0.25) is 0 Å². The van der Waals surface area contributed by atoms with Crippen molar-refractivity contribution in [1.82, 2.24) is 4.37 Å². The molecule has 0 aliphatic rings. The Hall–Kier alpha value is -3.10. The summed E-state index contributed by atoms with van der Waals surface area (Å²) in [5.74, 6) is 0.209. The fourth-order valence-corrected chi connectivity index (χ4v) is 3.48. The highest BCUT2D eigenvalue weighted by Crippen LogP contribution is 2.38. The van der Waals surface area contributed by atoms with Gasteiger partial charge in [-0.1, -0.05) is 18.2 Å². The number of aromatic nitrogens is 1. The molecule has 5 N–H and O–H groups in total. The molecule has 7 nitrogen and oxygen atoms in total. The Morgan fingerprint density at radius 1 is 1.19 bits per heavy atom. The van der Waals surface area contributed by atoms with Crippen molar-refractivity contribution in [2.45, 2.75) is 13.0 Å². The minimum Gasteiger partial charge on any atom is -0.508 e. The molecule has 2 aromatic carbocycles. The number of hydrogen-bond acceptors (Lipinski definition) is 6. The third-order valence-corrected chi connectivity index (χ3v) is 4.75. The molecule has 27 heavy (non-hydrogen) atoms. The number of anilines is 3. The van der Waals surface area contributed by atoms with Crippen LogP contribution in [-0.4, -0.2) is 33.1 Å². The van der Waals surface area contributed by atoms with Crippen molar-refractivity contribution < 1.29 is 10.2 Å². The summed E-state index contributed by atoms with van der Waals surface area (Å²) >= 11 is 1.14. The minimum atomic E-state index is -0.420. The van der Waals surface area contributed by atoms with Gasteiger partial charge in [0, 0.05) is 11.4 Å². The number of phenols is 1. The van der Waals surface area contributed by atoms with E-state index < -0.39 is 6.04 Å². The summed E-state index contributed by atoms with van der Waals surface area (Å²) in [5.41, 5.74) is 7.57. The number of para-hydroxylation sites is 1. The first kappa shape index (κ1) is 18.7. The maximum atomic E-state index is 12.4. The van der Waals surface area contributed by atoms with Gasteiger partial charge in [-0.05, 0) is 54.9 Å². The maximum Gasteiger partial charge on any atom is 0.271 e. The van der Waals surface area contributed by atoms with Crippen LogP contribution in [0.5, 0.6) is 5.75 Å². The van der Waals surface area contributed by atoms with E-state index in [1.807, 2.05) is 35.2 Å². The van der Waals surface area contributed by atoms with Crippen molar-refractivity contribution >= 4 is 33.7 Å². The predicted octanol–water partition coefficient (Wildman–Crippen LogP) is 2.70. The number of benzene rings is 2. The minimum absolute atomic E-state index is 0.0637. The molecule has 3 aromatic rings. The standard InChI is InChI=1S/C19H20N4O3S/c1-12(11-24)21-17(20)16-18(26)22-27-19(16)23(13-5-3-2-4-6-13)14-7-9-15(25)10-8-14/h2-10,12,24-25H,11H2,1H3,(H2,20,21)(H,22,26). The van der Waals surface area contributed by atoms with Gasteiger partial charge >= 0.3 is 0 Å². The molecular formula is C19H20N4O3S. The molecule has 8 heteroatoms. The van der Waals surface area contributed by atoms with E-state index in [4.69, 9.17) is 5.73 Å². The van der Waals surface area contributed by atoms with Crippen LogP contribution < -0.4 is 16.2 Å². The fraction of sp³-hybridized carbons (Fsp3) is 0.158. The van der Waals surface area contributed by atoms with Crippen LogP contribution in [-0.2, 0) is 0 Å². The highest BCUT2D eigenvalue weighted by Gasteiger charge is 2.23. The number of aliphatic hydroxyl groups is 1. The van der Waals surface area contributed by atoms with E-state index >= 15 is 0 Å². The molecule has 0 saturated heterocycles. The van der Waals surface area contributed by atoms with Gasteiger partial charge in [0.2, 0.25) is 0 Å². The highest BCUT2D eigenvalue weighted by atomic mass is 32.1. The average molecular weight is 384 g/mol. The molecule has 0 saturated carbocycles. The lowest BCUT2D eigenvalue weighted by Gasteiger charge is -2.24. The number of nitrogens with two attached hydrogens (primary N) is 1. The number of nitrogens with one attached hydrogen (secondary N) is 1. The molecule has 0 bridgehead atoms. The molecule has 1 heterocycles. The van der Waals surface area contributed by atoms with Gasteiger partial charge in [0.15, 0.2) is 0 Å². The number of aliphatic hydroxyl groups excluding tert-OH is 1. The topological polar surface area (TPSA) is 115 Å². The normalized spacial score (nSPS) is 12.7. The lowest BCUT2D eigenvalue weighted by Crippen LogP contribution is -2.26. The third-order valence-electron chi connectivity index (χ3n) is 3.89. The van der Waals surface area contributed by atoms with Crippen LogP contribution >= 0.6 is 11.5 Å². The molecule has 1 unspecified atom stereocenters. The van der Waals surface area contributed by atoms with Gasteiger partial charge in [0.1, 0.15) is 22.1 Å². The van der Waals surface area contributed by atoms with Crippen molar-refractivity contribution in [3.8, 4) is 5.75 Å². The number of aromatic amines is 1.